The third kappa shape index (κ3) is 6.50. The number of non-ortho nitro benzene ring substituents is 2. The SMILES string of the molecule is CC(C)Oc1ccc(CNC(=S)NC(=O)c2cc([N+](=O)[O-])cc([N+](=O)[O-])c2)cc1. The first-order valence-electron chi connectivity index (χ1n) is 8.44. The fraction of sp³-hybridized carbons (Fsp3) is 0.222. The summed E-state index contributed by atoms with van der Waals surface area (Å²) in [6, 6.07) is 9.94. The minimum Gasteiger partial charge on any atom is -0.491 e. The van der Waals surface area contributed by atoms with Crippen LogP contribution in [0.1, 0.15) is 29.8 Å². The van der Waals surface area contributed by atoms with Crippen molar-refractivity contribution in [2.24, 2.45) is 0 Å². The van der Waals surface area contributed by atoms with Gasteiger partial charge in [0.1, 0.15) is 5.75 Å². The van der Waals surface area contributed by atoms with Crippen LogP contribution in [-0.2, 0) is 6.54 Å². The van der Waals surface area contributed by atoms with Crippen molar-refractivity contribution in [3.05, 3.63) is 73.8 Å². The van der Waals surface area contributed by atoms with Crippen molar-refractivity contribution in [2.45, 2.75) is 26.5 Å². The molecule has 0 fully saturated rings. The number of carbonyl (C=O) groups excluding carboxylic acids is 1. The van der Waals surface area contributed by atoms with Crippen molar-refractivity contribution in [2.75, 3.05) is 0 Å². The van der Waals surface area contributed by atoms with Crippen LogP contribution < -0.4 is 15.4 Å². The monoisotopic (exact) mass is 418 g/mol. The number of benzene rings is 2. The summed E-state index contributed by atoms with van der Waals surface area (Å²) in [4.78, 5) is 32.5. The lowest BCUT2D eigenvalue weighted by Crippen LogP contribution is -2.38. The lowest BCUT2D eigenvalue weighted by molar-refractivity contribution is -0.394. The van der Waals surface area contributed by atoms with Gasteiger partial charge in [0.15, 0.2) is 5.11 Å². The lowest BCUT2D eigenvalue weighted by atomic mass is 10.1. The van der Waals surface area contributed by atoms with Crippen LogP contribution in [0.3, 0.4) is 0 Å². The number of ether oxygens (including phenoxy) is 1. The Morgan fingerprint density at radius 3 is 2.10 bits per heavy atom. The van der Waals surface area contributed by atoms with E-state index in [2.05, 4.69) is 10.6 Å². The maximum absolute atomic E-state index is 12.3. The van der Waals surface area contributed by atoms with Gasteiger partial charge in [-0.3, -0.25) is 30.3 Å². The Balaban J connectivity index is 1.99. The molecule has 0 atom stereocenters. The summed E-state index contributed by atoms with van der Waals surface area (Å²) in [6.45, 7) is 4.16. The summed E-state index contributed by atoms with van der Waals surface area (Å²) in [5.74, 6) is -0.0677. The minimum absolute atomic E-state index is 0.0216. The molecule has 2 rings (SSSR count). The van der Waals surface area contributed by atoms with Gasteiger partial charge < -0.3 is 10.1 Å². The van der Waals surface area contributed by atoms with Gasteiger partial charge >= 0.3 is 0 Å². The average molecular weight is 418 g/mol. The Morgan fingerprint density at radius 2 is 1.62 bits per heavy atom. The third-order valence-corrected chi connectivity index (χ3v) is 3.81. The summed E-state index contributed by atoms with van der Waals surface area (Å²) in [6.07, 6.45) is 0.0615. The summed E-state index contributed by atoms with van der Waals surface area (Å²) in [5, 5.41) is 27.0. The van der Waals surface area contributed by atoms with E-state index in [0.717, 1.165) is 29.5 Å². The molecule has 0 aliphatic carbocycles. The van der Waals surface area contributed by atoms with Crippen molar-refractivity contribution in [3.8, 4) is 5.75 Å². The van der Waals surface area contributed by atoms with Crippen molar-refractivity contribution in [1.29, 1.82) is 0 Å². The number of thiocarbonyl (C=S) groups is 1. The molecule has 0 saturated heterocycles. The topological polar surface area (TPSA) is 137 Å². The molecule has 10 nitrogen and oxygen atoms in total. The molecule has 0 heterocycles. The average Bonchev–Trinajstić information content (AvgIpc) is 2.66. The second-order valence-electron chi connectivity index (χ2n) is 6.20. The quantitative estimate of drug-likeness (QED) is 0.398. The van der Waals surface area contributed by atoms with Gasteiger partial charge in [0.25, 0.3) is 17.3 Å². The minimum atomic E-state index is -0.812. The van der Waals surface area contributed by atoms with Gasteiger partial charge in [0.05, 0.1) is 27.6 Å². The molecule has 29 heavy (non-hydrogen) atoms. The Hall–Kier alpha value is -3.60. The third-order valence-electron chi connectivity index (χ3n) is 3.56. The normalized spacial score (nSPS) is 10.3. The van der Waals surface area contributed by atoms with Crippen LogP contribution in [-0.4, -0.2) is 27.0 Å². The zero-order valence-corrected chi connectivity index (χ0v) is 16.4. The second kappa shape index (κ2) is 9.55. The predicted octanol–water partition coefficient (Wildman–Crippen LogP) is 3.09. The first kappa shape index (κ1) is 21.7. The highest BCUT2D eigenvalue weighted by atomic mass is 32.1. The lowest BCUT2D eigenvalue weighted by Gasteiger charge is -2.12. The highest BCUT2D eigenvalue weighted by Crippen LogP contribution is 2.22. The summed E-state index contributed by atoms with van der Waals surface area (Å²) >= 11 is 5.05. The fourth-order valence-electron chi connectivity index (χ4n) is 2.30. The van der Waals surface area contributed by atoms with Crippen molar-refractivity contribution < 1.29 is 19.4 Å². The summed E-state index contributed by atoms with van der Waals surface area (Å²) in [5.41, 5.74) is -0.493. The number of nitrogens with zero attached hydrogens (tertiary/aromatic N) is 2. The zero-order valence-electron chi connectivity index (χ0n) is 15.6. The van der Waals surface area contributed by atoms with Gasteiger partial charge in [0.2, 0.25) is 0 Å². The van der Waals surface area contributed by atoms with Gasteiger partial charge in [0, 0.05) is 18.7 Å². The van der Waals surface area contributed by atoms with E-state index < -0.39 is 27.1 Å². The first-order valence-corrected chi connectivity index (χ1v) is 8.85. The van der Waals surface area contributed by atoms with Crippen LogP contribution in [0.15, 0.2) is 42.5 Å². The van der Waals surface area contributed by atoms with Crippen LogP contribution in [0.5, 0.6) is 5.75 Å². The molecular formula is C18H18N4O6S. The van der Waals surface area contributed by atoms with E-state index in [1.54, 1.807) is 12.1 Å². The van der Waals surface area contributed by atoms with E-state index in [9.17, 15) is 25.0 Å². The summed E-state index contributed by atoms with van der Waals surface area (Å²) in [7, 11) is 0. The van der Waals surface area contributed by atoms with Crippen molar-refractivity contribution in [3.63, 3.8) is 0 Å². The van der Waals surface area contributed by atoms with Crippen LogP contribution in [0, 0.1) is 20.2 Å². The zero-order chi connectivity index (χ0) is 21.6. The Kier molecular flexibility index (Phi) is 7.15. The van der Waals surface area contributed by atoms with E-state index in [1.807, 2.05) is 26.0 Å². The molecule has 1 amide bonds. The second-order valence-corrected chi connectivity index (χ2v) is 6.61. The molecule has 0 unspecified atom stereocenters. The van der Waals surface area contributed by atoms with E-state index in [0.29, 0.717) is 6.54 Å². The van der Waals surface area contributed by atoms with E-state index in [4.69, 9.17) is 17.0 Å². The standard InChI is InChI=1S/C18H18N4O6S/c1-11(2)28-16-5-3-12(4-6-16)10-19-18(29)20-17(23)13-7-14(21(24)25)9-15(8-13)22(26)27/h3-9,11H,10H2,1-2H3,(H2,19,20,23,29). The van der Waals surface area contributed by atoms with Crippen LogP contribution in [0.2, 0.25) is 0 Å². The fourth-order valence-corrected chi connectivity index (χ4v) is 2.46. The van der Waals surface area contributed by atoms with Gasteiger partial charge in [-0.2, -0.15) is 0 Å². The van der Waals surface area contributed by atoms with Gasteiger partial charge in [-0.1, -0.05) is 12.1 Å². The molecular weight excluding hydrogens is 400 g/mol. The highest BCUT2D eigenvalue weighted by Gasteiger charge is 2.20. The number of nitrogens with one attached hydrogen (secondary N) is 2. The molecule has 11 heteroatoms. The smallest absolute Gasteiger partial charge is 0.277 e. The van der Waals surface area contributed by atoms with Crippen molar-refractivity contribution >= 4 is 34.6 Å². The predicted molar refractivity (Wildman–Crippen MR) is 109 cm³/mol. The number of nitro groups is 2. The van der Waals surface area contributed by atoms with E-state index >= 15 is 0 Å². The number of hydrogen-bond acceptors (Lipinski definition) is 7. The largest absolute Gasteiger partial charge is 0.491 e. The Bertz CT molecular complexity index is 914. The maximum atomic E-state index is 12.3. The molecule has 0 bridgehead atoms. The summed E-state index contributed by atoms with van der Waals surface area (Å²) < 4.78 is 5.55. The molecule has 152 valence electrons. The Morgan fingerprint density at radius 1 is 1.07 bits per heavy atom. The van der Waals surface area contributed by atoms with Gasteiger partial charge in [-0.15, -0.1) is 0 Å². The number of nitro benzene ring substituents is 2. The number of hydrogen-bond donors (Lipinski definition) is 2. The molecule has 2 aromatic rings. The number of rotatable bonds is 7. The number of amides is 1. The highest BCUT2D eigenvalue weighted by molar-refractivity contribution is 7.80. The molecule has 2 aromatic carbocycles. The van der Waals surface area contributed by atoms with Crippen molar-refractivity contribution in [1.82, 2.24) is 10.6 Å². The maximum Gasteiger partial charge on any atom is 0.277 e. The van der Waals surface area contributed by atoms with Crippen LogP contribution >= 0.6 is 12.2 Å². The molecule has 0 aromatic heterocycles. The van der Waals surface area contributed by atoms with Crippen LogP contribution in [0.25, 0.3) is 0 Å². The van der Waals surface area contributed by atoms with Gasteiger partial charge in [-0.25, -0.2) is 0 Å². The first-order chi connectivity index (χ1) is 13.7. The molecule has 0 aliphatic heterocycles. The molecule has 2 N–H and O–H groups in total. The van der Waals surface area contributed by atoms with E-state index in [1.165, 1.54) is 0 Å². The molecule has 0 radical (unpaired) electrons. The molecule has 0 aliphatic rings. The Labute approximate surface area is 171 Å². The van der Waals surface area contributed by atoms with Gasteiger partial charge in [-0.05, 0) is 43.8 Å². The van der Waals surface area contributed by atoms with Crippen LogP contribution in [0.4, 0.5) is 11.4 Å². The molecule has 0 spiro atoms. The number of carbonyl (C=O) groups is 1. The van der Waals surface area contributed by atoms with E-state index in [-0.39, 0.29) is 16.8 Å². The molecule has 0 saturated carbocycles.